The second-order valence-corrected chi connectivity index (χ2v) is 10.8. The summed E-state index contributed by atoms with van der Waals surface area (Å²) in [6.45, 7) is 18.3. The molecule has 0 fully saturated rings. The lowest BCUT2D eigenvalue weighted by Crippen LogP contribution is -2.40. The molecule has 19 heavy (non-hydrogen) atoms. The van der Waals surface area contributed by atoms with Crippen molar-refractivity contribution in [2.45, 2.75) is 45.5 Å². The van der Waals surface area contributed by atoms with Crippen LogP contribution in [0.15, 0.2) is 12.1 Å². The van der Waals surface area contributed by atoms with Gasteiger partial charge in [-0.25, -0.2) is 0 Å². The molecule has 1 rings (SSSR count). The van der Waals surface area contributed by atoms with Crippen molar-refractivity contribution >= 4 is 14.1 Å². The summed E-state index contributed by atoms with van der Waals surface area (Å²) < 4.78 is 6.08. The number of pyridine rings is 1. The summed E-state index contributed by atoms with van der Waals surface area (Å²) in [4.78, 5) is 7.18. The molecule has 0 spiro atoms. The van der Waals surface area contributed by atoms with E-state index in [4.69, 9.17) is 16.3 Å². The Bertz CT molecular complexity index is 515. The average molecular weight is 273 g/mol. The predicted molar refractivity (Wildman–Crippen MR) is 77.2 cm³/mol. The largest absolute Gasteiger partial charge is 0.413 e. The van der Waals surface area contributed by atoms with Gasteiger partial charge in [0.1, 0.15) is 6.07 Å². The van der Waals surface area contributed by atoms with Crippen LogP contribution in [-0.2, 0) is 11.0 Å². The molecule has 0 aliphatic rings. The molecule has 0 saturated carbocycles. The summed E-state index contributed by atoms with van der Waals surface area (Å²) >= 11 is 0. The Morgan fingerprint density at radius 1 is 1.42 bits per heavy atom. The van der Waals surface area contributed by atoms with Gasteiger partial charge < -0.3 is 9.27 Å². The van der Waals surface area contributed by atoms with Gasteiger partial charge >= 0.3 is 0 Å². The maximum absolute atomic E-state index is 8.89. The van der Waals surface area contributed by atoms with E-state index in [1.54, 1.807) is 12.1 Å². The molecule has 0 amide bonds. The van der Waals surface area contributed by atoms with E-state index in [0.717, 1.165) is 5.56 Å². The predicted octanol–water partition coefficient (Wildman–Crippen LogP) is 4.03. The summed E-state index contributed by atoms with van der Waals surface area (Å²) in [7, 11) is -1.82. The van der Waals surface area contributed by atoms with E-state index in [0.29, 0.717) is 6.61 Å². The van der Waals surface area contributed by atoms with E-state index in [1.807, 2.05) is 6.07 Å². The third-order valence-electron chi connectivity index (χ3n) is 3.51. The molecule has 1 aromatic heterocycles. The average Bonchev–Trinajstić information content (AvgIpc) is 2.34. The Balaban J connectivity index is 2.91. The van der Waals surface area contributed by atoms with Crippen molar-refractivity contribution in [3.63, 3.8) is 0 Å². The van der Waals surface area contributed by atoms with Crippen molar-refractivity contribution in [3.8, 4) is 6.07 Å². The quantitative estimate of drug-likeness (QED) is 0.617. The lowest BCUT2D eigenvalue weighted by atomic mass is 10.2. The van der Waals surface area contributed by atoms with E-state index in [9.17, 15) is 0 Å². The lowest BCUT2D eigenvalue weighted by Gasteiger charge is -2.36. The summed E-state index contributed by atoms with van der Waals surface area (Å²) in [6.07, 6.45) is 0. The van der Waals surface area contributed by atoms with Crippen LogP contribution in [-0.4, -0.2) is 13.3 Å². The van der Waals surface area contributed by atoms with Crippen LogP contribution >= 0.6 is 0 Å². The molecule has 0 bridgehead atoms. The lowest BCUT2D eigenvalue weighted by molar-refractivity contribution is 0.276. The molecule has 0 radical (unpaired) electrons. The van der Waals surface area contributed by atoms with Crippen LogP contribution in [0.4, 0.5) is 5.82 Å². The monoisotopic (exact) mass is 273 g/mol. The van der Waals surface area contributed by atoms with Crippen LogP contribution in [0.5, 0.6) is 0 Å². The Labute approximate surface area is 116 Å². The van der Waals surface area contributed by atoms with Gasteiger partial charge in [-0.2, -0.15) is 5.26 Å². The van der Waals surface area contributed by atoms with Gasteiger partial charge in [0.2, 0.25) is 5.69 Å². The summed E-state index contributed by atoms with van der Waals surface area (Å²) in [6, 6.07) is 5.33. The minimum atomic E-state index is -1.82. The molecule has 0 aromatic carbocycles. The maximum Gasteiger partial charge on any atom is 0.271 e. The van der Waals surface area contributed by atoms with Crippen LogP contribution in [0.3, 0.4) is 0 Å². The molecule has 5 heteroatoms. The topological polar surface area (TPSA) is 50.3 Å². The van der Waals surface area contributed by atoms with Gasteiger partial charge in [0.05, 0.1) is 6.61 Å². The molecule has 0 unspecified atom stereocenters. The van der Waals surface area contributed by atoms with Crippen molar-refractivity contribution in [2.75, 3.05) is 0 Å². The molecule has 0 atom stereocenters. The number of hydrogen-bond acceptors (Lipinski definition) is 3. The smallest absolute Gasteiger partial charge is 0.271 e. The molecule has 100 valence electrons. The molecular formula is C14H19N3OSi. The Morgan fingerprint density at radius 2 is 2.05 bits per heavy atom. The van der Waals surface area contributed by atoms with Crippen molar-refractivity contribution in [1.82, 2.24) is 4.98 Å². The van der Waals surface area contributed by atoms with E-state index < -0.39 is 8.32 Å². The fourth-order valence-electron chi connectivity index (χ4n) is 1.25. The first-order valence-electron chi connectivity index (χ1n) is 6.12. The van der Waals surface area contributed by atoms with Crippen LogP contribution in [0.25, 0.3) is 4.85 Å². The Hall–Kier alpha value is -1.69. The van der Waals surface area contributed by atoms with Gasteiger partial charge in [-0.05, 0) is 29.8 Å². The van der Waals surface area contributed by atoms with E-state index in [-0.39, 0.29) is 16.6 Å². The van der Waals surface area contributed by atoms with Crippen LogP contribution in [0.2, 0.25) is 18.1 Å². The van der Waals surface area contributed by atoms with Crippen molar-refractivity contribution in [2.24, 2.45) is 0 Å². The van der Waals surface area contributed by atoms with Gasteiger partial charge in [0.15, 0.2) is 8.32 Å². The van der Waals surface area contributed by atoms with Crippen LogP contribution in [0.1, 0.15) is 32.0 Å². The highest BCUT2D eigenvalue weighted by Gasteiger charge is 2.37. The first-order valence-corrected chi connectivity index (χ1v) is 9.03. The zero-order valence-corrected chi connectivity index (χ0v) is 13.1. The van der Waals surface area contributed by atoms with Crippen molar-refractivity contribution < 1.29 is 4.43 Å². The number of nitrogens with zero attached hydrogens (tertiary/aromatic N) is 3. The van der Waals surface area contributed by atoms with Crippen molar-refractivity contribution in [3.05, 3.63) is 34.8 Å². The van der Waals surface area contributed by atoms with Gasteiger partial charge in [-0.15, -0.1) is 4.98 Å². The summed E-state index contributed by atoms with van der Waals surface area (Å²) in [5, 5.41) is 9.03. The third-order valence-corrected chi connectivity index (χ3v) is 7.98. The Morgan fingerprint density at radius 3 is 2.53 bits per heavy atom. The first kappa shape index (κ1) is 15.4. The summed E-state index contributed by atoms with van der Waals surface area (Å²) in [5.74, 6) is 0.243. The molecule has 0 saturated heterocycles. The zero-order valence-electron chi connectivity index (χ0n) is 12.1. The Kier molecular flexibility index (Phi) is 4.46. The molecule has 4 nitrogen and oxygen atoms in total. The molecular weight excluding hydrogens is 254 g/mol. The number of aromatic nitrogens is 1. The maximum atomic E-state index is 8.89. The standard InChI is InChI=1S/C14H19N3OSi/c1-14(2,3)19(5,6)18-10-11-7-12(9-15)17-13(8-11)16-4/h7-8H,10H2,1-3,5-6H3. The fourth-order valence-corrected chi connectivity index (χ4v) is 2.21. The second-order valence-electron chi connectivity index (χ2n) is 5.99. The number of hydrogen-bond donors (Lipinski definition) is 0. The van der Waals surface area contributed by atoms with Gasteiger partial charge in [0.25, 0.3) is 5.82 Å². The molecule has 0 aliphatic carbocycles. The van der Waals surface area contributed by atoms with E-state index in [2.05, 4.69) is 43.7 Å². The molecule has 0 N–H and O–H groups in total. The SMILES string of the molecule is [C-]#[N+]c1cc(CO[Si](C)(C)C(C)(C)C)cc(C#N)n1. The van der Waals surface area contributed by atoms with Gasteiger partial charge in [-0.3, -0.25) is 0 Å². The minimum absolute atomic E-state index is 0.140. The zero-order chi connectivity index (χ0) is 14.7. The number of nitriles is 1. The van der Waals surface area contributed by atoms with Crippen LogP contribution in [0, 0.1) is 17.9 Å². The van der Waals surface area contributed by atoms with E-state index in [1.165, 1.54) is 0 Å². The second kappa shape index (κ2) is 5.52. The first-order chi connectivity index (χ1) is 8.69. The number of rotatable bonds is 3. The molecule has 0 aliphatic heterocycles. The van der Waals surface area contributed by atoms with Gasteiger partial charge in [-0.1, -0.05) is 27.3 Å². The molecule has 1 aromatic rings. The van der Waals surface area contributed by atoms with Crippen molar-refractivity contribution in [1.29, 1.82) is 5.26 Å². The van der Waals surface area contributed by atoms with E-state index >= 15 is 0 Å². The van der Waals surface area contributed by atoms with Gasteiger partial charge in [0, 0.05) is 6.07 Å². The van der Waals surface area contributed by atoms with Crippen LogP contribution < -0.4 is 0 Å². The fraction of sp³-hybridized carbons (Fsp3) is 0.500. The molecule has 1 heterocycles. The highest BCUT2D eigenvalue weighted by Crippen LogP contribution is 2.37. The third kappa shape index (κ3) is 3.89. The highest BCUT2D eigenvalue weighted by atomic mass is 28.4. The normalized spacial score (nSPS) is 11.7. The summed E-state index contributed by atoms with van der Waals surface area (Å²) in [5.41, 5.74) is 1.10. The minimum Gasteiger partial charge on any atom is -0.413 e. The highest BCUT2D eigenvalue weighted by molar-refractivity contribution is 6.74.